The Bertz CT molecular complexity index is 495. The molecular formula is C14H16BrNOS. The van der Waals surface area contributed by atoms with Gasteiger partial charge in [0.05, 0.1) is 6.61 Å². The second-order valence-electron chi connectivity index (χ2n) is 4.38. The van der Waals surface area contributed by atoms with E-state index in [1.165, 1.54) is 10.4 Å². The number of aliphatic hydroxyl groups is 1. The fourth-order valence-corrected chi connectivity index (χ4v) is 3.35. The molecule has 0 saturated heterocycles. The van der Waals surface area contributed by atoms with Crippen LogP contribution in [-0.2, 0) is 19.7 Å². The van der Waals surface area contributed by atoms with Gasteiger partial charge in [-0.05, 0) is 40.2 Å². The Kier molecular flexibility index (Phi) is 4.95. The zero-order valence-corrected chi connectivity index (χ0v) is 12.7. The van der Waals surface area contributed by atoms with Crippen molar-refractivity contribution >= 4 is 27.3 Å². The Hall–Kier alpha value is -0.680. The van der Waals surface area contributed by atoms with Crippen molar-refractivity contribution in [3.8, 4) is 0 Å². The molecule has 0 atom stereocenters. The fraction of sp³-hybridized carbons (Fsp3) is 0.286. The molecule has 2 nitrogen and oxygen atoms in total. The van der Waals surface area contributed by atoms with Gasteiger partial charge in [-0.1, -0.05) is 24.3 Å². The number of hydrogen-bond donors (Lipinski definition) is 1. The molecule has 2 rings (SSSR count). The maximum Gasteiger partial charge on any atom is 0.0681 e. The lowest BCUT2D eigenvalue weighted by molar-refractivity contribution is 0.281. The van der Waals surface area contributed by atoms with Gasteiger partial charge < -0.3 is 5.11 Å². The molecular weight excluding hydrogens is 310 g/mol. The fourth-order valence-electron chi connectivity index (χ4n) is 1.82. The molecule has 1 heterocycles. The second-order valence-corrected chi connectivity index (χ2v) is 6.29. The van der Waals surface area contributed by atoms with Crippen LogP contribution < -0.4 is 0 Å². The van der Waals surface area contributed by atoms with Crippen LogP contribution in [0.3, 0.4) is 0 Å². The first-order valence-electron chi connectivity index (χ1n) is 5.77. The molecule has 0 saturated carbocycles. The predicted molar refractivity (Wildman–Crippen MR) is 79.6 cm³/mol. The summed E-state index contributed by atoms with van der Waals surface area (Å²) in [6.07, 6.45) is 0. The Morgan fingerprint density at radius 3 is 2.39 bits per heavy atom. The summed E-state index contributed by atoms with van der Waals surface area (Å²) in [6.45, 7) is 1.98. The van der Waals surface area contributed by atoms with Gasteiger partial charge in [0.15, 0.2) is 0 Å². The molecule has 0 bridgehead atoms. The van der Waals surface area contributed by atoms with Crippen LogP contribution in [0.5, 0.6) is 0 Å². The molecule has 0 spiro atoms. The molecule has 1 aromatic carbocycles. The van der Waals surface area contributed by atoms with Crippen molar-refractivity contribution in [1.82, 2.24) is 4.90 Å². The third kappa shape index (κ3) is 3.92. The molecule has 0 fully saturated rings. The van der Waals surface area contributed by atoms with Gasteiger partial charge in [-0.3, -0.25) is 4.90 Å². The molecule has 2 aromatic rings. The Labute approximate surface area is 120 Å². The van der Waals surface area contributed by atoms with E-state index in [1.54, 1.807) is 11.3 Å². The Morgan fingerprint density at radius 2 is 1.83 bits per heavy atom. The van der Waals surface area contributed by atoms with Gasteiger partial charge in [0, 0.05) is 27.8 Å². The number of halogens is 1. The van der Waals surface area contributed by atoms with Crippen molar-refractivity contribution < 1.29 is 5.11 Å². The molecule has 1 N–H and O–H groups in total. The first-order chi connectivity index (χ1) is 8.67. The van der Waals surface area contributed by atoms with E-state index in [0.717, 1.165) is 23.1 Å². The summed E-state index contributed by atoms with van der Waals surface area (Å²) in [5, 5.41) is 11.1. The largest absolute Gasteiger partial charge is 0.392 e. The van der Waals surface area contributed by atoms with Crippen LogP contribution in [0.4, 0.5) is 0 Å². The predicted octanol–water partition coefficient (Wildman–Crippen LogP) is 3.63. The summed E-state index contributed by atoms with van der Waals surface area (Å²) in [7, 11) is 2.12. The van der Waals surface area contributed by atoms with Crippen LogP contribution >= 0.6 is 27.3 Å². The quantitative estimate of drug-likeness (QED) is 0.907. The number of thiophene rings is 1. The first-order valence-corrected chi connectivity index (χ1v) is 7.45. The van der Waals surface area contributed by atoms with Crippen LogP contribution in [0.25, 0.3) is 0 Å². The second kappa shape index (κ2) is 6.48. The van der Waals surface area contributed by atoms with Crippen LogP contribution in [-0.4, -0.2) is 17.1 Å². The molecule has 0 aliphatic carbocycles. The molecule has 0 aliphatic rings. The van der Waals surface area contributed by atoms with Gasteiger partial charge in [-0.15, -0.1) is 11.3 Å². The number of aliphatic hydroxyl groups excluding tert-OH is 1. The van der Waals surface area contributed by atoms with Crippen LogP contribution in [0, 0.1) is 0 Å². The lowest BCUT2D eigenvalue weighted by Gasteiger charge is -2.15. The summed E-state index contributed by atoms with van der Waals surface area (Å²) >= 11 is 5.25. The maximum absolute atomic E-state index is 8.99. The summed E-state index contributed by atoms with van der Waals surface area (Å²) in [5.41, 5.74) is 2.23. The average Bonchev–Trinajstić information content (AvgIpc) is 2.75. The molecule has 0 unspecified atom stereocenters. The standard InChI is InChI=1S/C14H16BrNOS/c1-16(8-14-6-13(15)10-18-14)7-11-2-4-12(9-17)5-3-11/h2-6,10,17H,7-9H2,1H3. The highest BCUT2D eigenvalue weighted by Crippen LogP contribution is 2.21. The lowest BCUT2D eigenvalue weighted by atomic mass is 10.1. The van der Waals surface area contributed by atoms with E-state index >= 15 is 0 Å². The van der Waals surface area contributed by atoms with E-state index in [2.05, 4.69) is 51.5 Å². The summed E-state index contributed by atoms with van der Waals surface area (Å²) in [4.78, 5) is 3.64. The number of benzene rings is 1. The van der Waals surface area contributed by atoms with Crippen LogP contribution in [0.2, 0.25) is 0 Å². The molecule has 0 aliphatic heterocycles. The normalized spacial score (nSPS) is 11.1. The minimum atomic E-state index is 0.110. The molecule has 0 amide bonds. The van der Waals surface area contributed by atoms with Gasteiger partial charge in [0.25, 0.3) is 0 Å². The Balaban J connectivity index is 1.91. The van der Waals surface area contributed by atoms with E-state index in [4.69, 9.17) is 5.11 Å². The monoisotopic (exact) mass is 325 g/mol. The molecule has 4 heteroatoms. The van der Waals surface area contributed by atoms with Crippen molar-refractivity contribution in [2.24, 2.45) is 0 Å². The van der Waals surface area contributed by atoms with E-state index in [0.29, 0.717) is 0 Å². The van der Waals surface area contributed by atoms with Crippen LogP contribution in [0.15, 0.2) is 40.2 Å². The van der Waals surface area contributed by atoms with Gasteiger partial charge in [-0.2, -0.15) is 0 Å². The molecule has 0 radical (unpaired) electrons. The smallest absolute Gasteiger partial charge is 0.0681 e. The van der Waals surface area contributed by atoms with Crippen molar-refractivity contribution in [1.29, 1.82) is 0 Å². The number of rotatable bonds is 5. The van der Waals surface area contributed by atoms with Gasteiger partial charge in [0.2, 0.25) is 0 Å². The average molecular weight is 326 g/mol. The summed E-state index contributed by atoms with van der Waals surface area (Å²) in [6, 6.07) is 10.3. The van der Waals surface area contributed by atoms with Crippen molar-refractivity contribution in [2.45, 2.75) is 19.7 Å². The topological polar surface area (TPSA) is 23.5 Å². The Morgan fingerprint density at radius 1 is 1.17 bits per heavy atom. The summed E-state index contributed by atoms with van der Waals surface area (Å²) in [5.74, 6) is 0. The van der Waals surface area contributed by atoms with E-state index in [1.807, 2.05) is 12.1 Å². The van der Waals surface area contributed by atoms with Gasteiger partial charge in [0.1, 0.15) is 0 Å². The zero-order valence-electron chi connectivity index (χ0n) is 10.3. The van der Waals surface area contributed by atoms with Crippen molar-refractivity contribution in [2.75, 3.05) is 7.05 Å². The zero-order chi connectivity index (χ0) is 13.0. The van der Waals surface area contributed by atoms with E-state index < -0.39 is 0 Å². The van der Waals surface area contributed by atoms with Gasteiger partial charge in [-0.25, -0.2) is 0 Å². The number of nitrogens with zero attached hydrogens (tertiary/aromatic N) is 1. The molecule has 96 valence electrons. The van der Waals surface area contributed by atoms with Crippen LogP contribution in [0.1, 0.15) is 16.0 Å². The minimum Gasteiger partial charge on any atom is -0.392 e. The van der Waals surface area contributed by atoms with E-state index in [-0.39, 0.29) is 6.61 Å². The third-order valence-corrected chi connectivity index (χ3v) is 4.39. The minimum absolute atomic E-state index is 0.110. The molecule has 1 aromatic heterocycles. The van der Waals surface area contributed by atoms with E-state index in [9.17, 15) is 0 Å². The van der Waals surface area contributed by atoms with Crippen molar-refractivity contribution in [3.05, 3.63) is 56.2 Å². The highest BCUT2D eigenvalue weighted by atomic mass is 79.9. The third-order valence-electron chi connectivity index (χ3n) is 2.71. The highest BCUT2D eigenvalue weighted by Gasteiger charge is 2.04. The molecule has 18 heavy (non-hydrogen) atoms. The van der Waals surface area contributed by atoms with Gasteiger partial charge >= 0.3 is 0 Å². The maximum atomic E-state index is 8.99. The SMILES string of the molecule is CN(Cc1ccc(CO)cc1)Cc1cc(Br)cs1. The highest BCUT2D eigenvalue weighted by molar-refractivity contribution is 9.10. The lowest BCUT2D eigenvalue weighted by Crippen LogP contribution is -2.16. The number of hydrogen-bond acceptors (Lipinski definition) is 3. The van der Waals surface area contributed by atoms with Crippen molar-refractivity contribution in [3.63, 3.8) is 0 Å². The summed E-state index contributed by atoms with van der Waals surface area (Å²) < 4.78 is 1.16. The first kappa shape index (κ1) is 13.7.